The van der Waals surface area contributed by atoms with E-state index in [4.69, 9.17) is 9.47 Å². The van der Waals surface area contributed by atoms with Crippen molar-refractivity contribution in [3.63, 3.8) is 0 Å². The van der Waals surface area contributed by atoms with Crippen LogP contribution >= 0.6 is 22.7 Å². The third-order valence-electron chi connectivity index (χ3n) is 6.39. The molecule has 3 heterocycles. The Morgan fingerprint density at radius 3 is 2.60 bits per heavy atom. The highest BCUT2D eigenvalue weighted by Gasteiger charge is 2.25. The van der Waals surface area contributed by atoms with E-state index < -0.39 is 6.16 Å². The number of nitrogens with zero attached hydrogens (tertiary/aromatic N) is 3. The average Bonchev–Trinajstić information content (AvgIpc) is 3.55. The quantitative estimate of drug-likeness (QED) is 0.211. The Labute approximate surface area is 235 Å². The minimum Gasteiger partial charge on any atom is -0.497 e. The Morgan fingerprint density at radius 2 is 1.82 bits per heavy atom. The highest BCUT2D eigenvalue weighted by Crippen LogP contribution is 2.42. The molecule has 1 aliphatic rings. The third-order valence-corrected chi connectivity index (χ3v) is 8.46. The van der Waals surface area contributed by atoms with E-state index in [-0.39, 0.29) is 17.7 Å². The summed E-state index contributed by atoms with van der Waals surface area (Å²) in [6.07, 6.45) is 0.139. The number of anilines is 2. The minimum atomic E-state index is -1.46. The van der Waals surface area contributed by atoms with Crippen LogP contribution in [0.15, 0.2) is 60.7 Å². The van der Waals surface area contributed by atoms with Gasteiger partial charge in [0, 0.05) is 17.8 Å². The smallest absolute Gasteiger partial charge is 0.497 e. The molecule has 0 saturated carbocycles. The van der Waals surface area contributed by atoms with Crippen molar-refractivity contribution in [3.8, 4) is 32.6 Å². The summed E-state index contributed by atoms with van der Waals surface area (Å²) >= 11 is 2.50. The number of carboxylic acid groups (broad SMARTS) is 1. The number of fused-ring (bicyclic) bond motifs is 2. The predicted octanol–water partition coefficient (Wildman–Crippen LogP) is 7.28. The van der Waals surface area contributed by atoms with Gasteiger partial charge in [-0.25, -0.2) is 23.9 Å². The lowest BCUT2D eigenvalue weighted by Crippen LogP contribution is -2.38. The average molecular weight is 577 g/mol. The molecule has 9 nitrogen and oxygen atoms in total. The fraction of sp³-hybridized carbons (Fsp3) is 0.143. The molecule has 5 aromatic rings. The number of methoxy groups -OCH3 is 1. The van der Waals surface area contributed by atoms with Gasteiger partial charge >= 0.3 is 12.2 Å². The summed E-state index contributed by atoms with van der Waals surface area (Å²) in [6, 6.07) is 16.9. The number of rotatable bonds is 5. The molecule has 0 fully saturated rings. The Kier molecular flexibility index (Phi) is 6.78. The van der Waals surface area contributed by atoms with Crippen LogP contribution < -0.4 is 19.7 Å². The highest BCUT2D eigenvalue weighted by atomic mass is 32.1. The van der Waals surface area contributed by atoms with Gasteiger partial charge in [-0.2, -0.15) is 0 Å². The number of aromatic nitrogens is 2. The topological polar surface area (TPSA) is 114 Å². The number of thiazole rings is 2. The van der Waals surface area contributed by atoms with Gasteiger partial charge in [0.25, 0.3) is 0 Å². The highest BCUT2D eigenvalue weighted by molar-refractivity contribution is 7.22. The van der Waals surface area contributed by atoms with Crippen molar-refractivity contribution < 1.29 is 28.6 Å². The first kappa shape index (κ1) is 25.7. The molecule has 3 aromatic carbocycles. The molecule has 0 aliphatic carbocycles. The van der Waals surface area contributed by atoms with Crippen LogP contribution in [0.2, 0.25) is 0 Å². The van der Waals surface area contributed by atoms with Crippen molar-refractivity contribution >= 4 is 55.9 Å². The van der Waals surface area contributed by atoms with Gasteiger partial charge in [-0.15, -0.1) is 11.3 Å². The summed E-state index contributed by atoms with van der Waals surface area (Å²) in [5.41, 5.74) is 3.80. The van der Waals surface area contributed by atoms with Crippen LogP contribution in [0.1, 0.15) is 12.0 Å². The maximum atomic E-state index is 13.6. The summed E-state index contributed by atoms with van der Waals surface area (Å²) in [4.78, 5) is 35.8. The number of urea groups is 1. The van der Waals surface area contributed by atoms with E-state index in [0.29, 0.717) is 43.1 Å². The molecule has 12 heteroatoms. The van der Waals surface area contributed by atoms with Gasteiger partial charge in [0.1, 0.15) is 16.6 Å². The largest absolute Gasteiger partial charge is 0.512 e. The maximum Gasteiger partial charge on any atom is 0.512 e. The maximum absolute atomic E-state index is 13.6. The molecule has 40 heavy (non-hydrogen) atoms. The number of hydrogen-bond donors (Lipinski definition) is 2. The van der Waals surface area contributed by atoms with Crippen LogP contribution in [0.5, 0.6) is 11.6 Å². The monoisotopic (exact) mass is 576 g/mol. The Hall–Kier alpha value is -4.55. The lowest BCUT2D eigenvalue weighted by molar-refractivity contribution is 0.143. The molecule has 2 N–H and O–H groups in total. The summed E-state index contributed by atoms with van der Waals surface area (Å²) in [5, 5.41) is 13.1. The van der Waals surface area contributed by atoms with Gasteiger partial charge in [0.15, 0.2) is 5.13 Å². The van der Waals surface area contributed by atoms with Gasteiger partial charge in [-0.1, -0.05) is 23.5 Å². The molecule has 0 spiro atoms. The van der Waals surface area contributed by atoms with Crippen molar-refractivity contribution in [2.45, 2.75) is 12.8 Å². The lowest BCUT2D eigenvalue weighted by Gasteiger charge is -2.29. The number of aryl methyl sites for hydroxylation is 1. The van der Waals surface area contributed by atoms with Gasteiger partial charge in [-0.3, -0.25) is 10.2 Å². The number of hydrogen-bond acceptors (Lipinski definition) is 8. The van der Waals surface area contributed by atoms with Crippen LogP contribution in [0.25, 0.3) is 31.2 Å². The SMILES string of the molecule is COc1ccc(-c2sc(-c3ccc4c(c3)N(C(=O)Nc3nc5ccc(F)cc5s3)CCC4)nc2OC(=O)O)cc1. The molecule has 0 atom stereocenters. The fourth-order valence-corrected chi connectivity index (χ4v) is 6.41. The molecule has 0 saturated heterocycles. The molecule has 6 rings (SSSR count). The van der Waals surface area contributed by atoms with Crippen LogP contribution in [0, 0.1) is 5.82 Å². The fourth-order valence-electron chi connectivity index (χ4n) is 4.54. The van der Waals surface area contributed by atoms with E-state index in [1.54, 1.807) is 42.3 Å². The van der Waals surface area contributed by atoms with Crippen molar-refractivity contribution in [1.82, 2.24) is 9.97 Å². The lowest BCUT2D eigenvalue weighted by atomic mass is 10.00. The molecule has 0 unspecified atom stereocenters. The number of halogens is 1. The van der Waals surface area contributed by atoms with Gasteiger partial charge in [0.05, 0.1) is 22.2 Å². The standard InChI is InChI=1S/C28H21FN4O5S2/c1-37-19-9-6-16(7-10-19)23-24(38-28(35)36)31-25(40-23)17-5-4-15-3-2-12-33(21(15)13-17)27(34)32-26-30-20-11-8-18(29)14-22(20)39-26/h4-11,13-14H,2-3,12H2,1H3,(H,35,36)(H,30,32,34). The minimum absolute atomic E-state index is 0.0164. The molecular weight excluding hydrogens is 555 g/mol. The molecule has 0 bridgehead atoms. The van der Waals surface area contributed by atoms with Crippen LogP contribution in [0.4, 0.5) is 24.8 Å². The molecule has 2 amide bonds. The van der Waals surface area contributed by atoms with E-state index in [9.17, 15) is 19.1 Å². The number of nitrogens with one attached hydrogen (secondary N) is 1. The summed E-state index contributed by atoms with van der Waals surface area (Å²) in [6.45, 7) is 0.504. The third kappa shape index (κ3) is 5.06. The van der Waals surface area contributed by atoms with Gasteiger partial charge in [0.2, 0.25) is 5.88 Å². The zero-order valence-corrected chi connectivity index (χ0v) is 22.6. The molecule has 0 radical (unpaired) electrons. The summed E-state index contributed by atoms with van der Waals surface area (Å²) in [5.74, 6) is 0.290. The van der Waals surface area contributed by atoms with E-state index >= 15 is 0 Å². The molecule has 2 aromatic heterocycles. The number of benzene rings is 3. The second kappa shape index (κ2) is 10.5. The number of amides is 2. The van der Waals surface area contributed by atoms with E-state index in [2.05, 4.69) is 15.3 Å². The Morgan fingerprint density at radius 1 is 1.02 bits per heavy atom. The summed E-state index contributed by atoms with van der Waals surface area (Å²) in [7, 11) is 1.57. The van der Waals surface area contributed by atoms with Crippen LogP contribution in [-0.4, -0.2) is 40.9 Å². The van der Waals surface area contributed by atoms with E-state index in [1.165, 1.54) is 34.8 Å². The summed E-state index contributed by atoms with van der Waals surface area (Å²) < 4.78 is 24.5. The Bertz CT molecular complexity index is 1750. The second-order valence-corrected chi connectivity index (χ2v) is 10.9. The number of carbonyl (C=O) groups excluding carboxylic acids is 1. The van der Waals surface area contributed by atoms with Crippen molar-refractivity contribution in [3.05, 3.63) is 72.0 Å². The zero-order chi connectivity index (χ0) is 27.8. The molecule has 202 valence electrons. The van der Waals surface area contributed by atoms with Gasteiger partial charge in [-0.05, 0) is 72.5 Å². The van der Waals surface area contributed by atoms with E-state index in [1.807, 2.05) is 18.2 Å². The van der Waals surface area contributed by atoms with E-state index in [0.717, 1.165) is 29.7 Å². The normalized spacial score (nSPS) is 12.7. The second-order valence-electron chi connectivity index (χ2n) is 8.91. The number of ether oxygens (including phenoxy) is 2. The molecule has 1 aliphatic heterocycles. The Balaban J connectivity index is 1.32. The predicted molar refractivity (Wildman–Crippen MR) is 152 cm³/mol. The van der Waals surface area contributed by atoms with Gasteiger partial charge < -0.3 is 14.6 Å². The van der Waals surface area contributed by atoms with Crippen molar-refractivity contribution in [2.75, 3.05) is 23.9 Å². The van der Waals surface area contributed by atoms with Crippen molar-refractivity contribution in [2.24, 2.45) is 0 Å². The number of carbonyl (C=O) groups is 2. The van der Waals surface area contributed by atoms with Crippen LogP contribution in [-0.2, 0) is 6.42 Å². The van der Waals surface area contributed by atoms with Crippen molar-refractivity contribution in [1.29, 1.82) is 0 Å². The first-order valence-corrected chi connectivity index (χ1v) is 13.8. The van der Waals surface area contributed by atoms with Crippen LogP contribution in [0.3, 0.4) is 0 Å². The molecular formula is C28H21FN4O5S2. The zero-order valence-electron chi connectivity index (χ0n) is 21.0. The first-order chi connectivity index (χ1) is 19.4. The first-order valence-electron chi connectivity index (χ1n) is 12.2.